The van der Waals surface area contributed by atoms with Gasteiger partial charge in [-0.1, -0.05) is 63.3 Å². The first-order chi connectivity index (χ1) is 11.9. The first kappa shape index (κ1) is 17.0. The van der Waals surface area contributed by atoms with Gasteiger partial charge in [-0.2, -0.15) is 0 Å². The predicted octanol–water partition coefficient (Wildman–Crippen LogP) is 6.54. The molecule has 1 nitrogen and oxygen atoms in total. The maximum absolute atomic E-state index is 6.03. The zero-order valence-corrected chi connectivity index (χ0v) is 15.2. The lowest BCUT2D eigenvalue weighted by Crippen LogP contribution is -2.09. The highest BCUT2D eigenvalue weighted by Crippen LogP contribution is 2.42. The molecule has 0 spiro atoms. The molecule has 0 N–H and O–H groups in total. The van der Waals surface area contributed by atoms with E-state index < -0.39 is 0 Å². The van der Waals surface area contributed by atoms with Crippen LogP contribution in [0.3, 0.4) is 0 Å². The zero-order valence-electron chi connectivity index (χ0n) is 14.4. The maximum Gasteiger partial charge on any atom is 0.218 e. The summed E-state index contributed by atoms with van der Waals surface area (Å²) in [6, 6.07) is 16.6. The Bertz CT molecular complexity index is 680. The van der Waals surface area contributed by atoms with Crippen molar-refractivity contribution in [2.75, 3.05) is 0 Å². The highest BCUT2D eigenvalue weighted by molar-refractivity contribution is 8.01. The average Bonchev–Trinajstić information content (AvgIpc) is 2.63. The van der Waals surface area contributed by atoms with Crippen LogP contribution >= 0.6 is 0 Å². The molecule has 0 bridgehead atoms. The molecule has 0 fully saturated rings. The summed E-state index contributed by atoms with van der Waals surface area (Å²) in [7, 11) is -0.191. The second kappa shape index (κ2) is 8.85. The molecule has 1 heterocycles. The Balaban J connectivity index is 1.66. The van der Waals surface area contributed by atoms with E-state index >= 15 is 0 Å². The van der Waals surface area contributed by atoms with E-state index in [2.05, 4.69) is 42.4 Å². The number of rotatable bonds is 6. The van der Waals surface area contributed by atoms with E-state index in [-0.39, 0.29) is 10.9 Å². The molecule has 1 aliphatic heterocycles. The third-order valence-corrected chi connectivity index (χ3v) is 6.09. The minimum absolute atomic E-state index is 0.191. The average molecular weight is 338 g/mol. The van der Waals surface area contributed by atoms with Crippen LogP contribution in [0.2, 0.25) is 0 Å². The van der Waals surface area contributed by atoms with E-state index in [9.17, 15) is 0 Å². The highest BCUT2D eigenvalue weighted by Gasteiger charge is 2.36. The van der Waals surface area contributed by atoms with Crippen molar-refractivity contribution in [1.82, 2.24) is 0 Å². The van der Waals surface area contributed by atoms with Crippen molar-refractivity contribution in [3.63, 3.8) is 0 Å². The van der Waals surface area contributed by atoms with Crippen molar-refractivity contribution in [2.45, 2.75) is 61.7 Å². The Morgan fingerprint density at radius 1 is 0.792 bits per heavy atom. The maximum atomic E-state index is 6.03. The van der Waals surface area contributed by atoms with E-state index in [1.807, 2.05) is 24.3 Å². The Morgan fingerprint density at radius 3 is 2.04 bits per heavy atom. The summed E-state index contributed by atoms with van der Waals surface area (Å²) in [6.07, 6.45) is 8.91. The smallest absolute Gasteiger partial charge is 0.218 e. The predicted molar refractivity (Wildman–Crippen MR) is 103 cm³/mol. The SMILES string of the molecule is CCCCCCCCC#C[S+]1c2ccccc2Oc2ccccc21. The van der Waals surface area contributed by atoms with Crippen molar-refractivity contribution in [3.8, 4) is 22.7 Å². The Hall–Kier alpha value is -1.85. The van der Waals surface area contributed by atoms with Crippen LogP contribution in [0.25, 0.3) is 0 Å². The number of ether oxygens (including phenoxy) is 1. The monoisotopic (exact) mass is 337 g/mol. The molecular weight excluding hydrogens is 312 g/mol. The molecule has 2 heteroatoms. The Morgan fingerprint density at radius 2 is 1.38 bits per heavy atom. The summed E-state index contributed by atoms with van der Waals surface area (Å²) in [5.41, 5.74) is 0. The minimum atomic E-state index is -0.191. The second-order valence-corrected chi connectivity index (χ2v) is 7.79. The van der Waals surface area contributed by atoms with E-state index in [0.29, 0.717) is 0 Å². The zero-order chi connectivity index (χ0) is 16.6. The van der Waals surface area contributed by atoms with Crippen LogP contribution < -0.4 is 4.74 Å². The molecule has 0 aromatic heterocycles. The number of fused-ring (bicyclic) bond motifs is 2. The number of para-hydroxylation sites is 2. The van der Waals surface area contributed by atoms with Gasteiger partial charge in [0.25, 0.3) is 0 Å². The van der Waals surface area contributed by atoms with Crippen LogP contribution in [0.4, 0.5) is 0 Å². The molecule has 24 heavy (non-hydrogen) atoms. The third kappa shape index (κ3) is 4.16. The van der Waals surface area contributed by atoms with Crippen LogP contribution in [0.1, 0.15) is 51.9 Å². The van der Waals surface area contributed by atoms with Gasteiger partial charge in [-0.3, -0.25) is 0 Å². The first-order valence-corrected chi connectivity index (χ1v) is 10.2. The van der Waals surface area contributed by atoms with Gasteiger partial charge in [0, 0.05) is 6.42 Å². The van der Waals surface area contributed by atoms with E-state index in [1.54, 1.807) is 0 Å². The van der Waals surface area contributed by atoms with Crippen molar-refractivity contribution < 1.29 is 4.74 Å². The molecule has 2 aromatic carbocycles. The van der Waals surface area contributed by atoms with Crippen molar-refractivity contribution >= 4 is 10.9 Å². The van der Waals surface area contributed by atoms with Crippen LogP contribution in [0.15, 0.2) is 58.3 Å². The molecule has 0 radical (unpaired) electrons. The van der Waals surface area contributed by atoms with Crippen LogP contribution in [0, 0.1) is 11.2 Å². The van der Waals surface area contributed by atoms with Gasteiger partial charge in [0.1, 0.15) is 0 Å². The molecule has 0 amide bonds. The van der Waals surface area contributed by atoms with Crippen molar-refractivity contribution in [2.24, 2.45) is 0 Å². The number of unbranched alkanes of at least 4 members (excludes halogenated alkanes) is 6. The summed E-state index contributed by atoms with van der Waals surface area (Å²) >= 11 is 0. The Labute approximate surface area is 148 Å². The van der Waals surface area contributed by atoms with E-state index in [0.717, 1.165) is 17.9 Å². The molecular formula is C22H25OS+. The number of hydrogen-bond acceptors (Lipinski definition) is 1. The van der Waals surface area contributed by atoms with Crippen LogP contribution in [-0.4, -0.2) is 0 Å². The minimum Gasteiger partial charge on any atom is -0.447 e. The fourth-order valence-corrected chi connectivity index (χ4v) is 4.62. The van der Waals surface area contributed by atoms with Crippen LogP contribution in [0.5, 0.6) is 11.5 Å². The molecule has 1 aliphatic rings. The third-order valence-electron chi connectivity index (χ3n) is 4.19. The molecule has 0 unspecified atom stereocenters. The second-order valence-electron chi connectivity index (χ2n) is 6.10. The lowest BCUT2D eigenvalue weighted by Gasteiger charge is -2.16. The summed E-state index contributed by atoms with van der Waals surface area (Å²) in [4.78, 5) is 2.43. The number of hydrogen-bond donors (Lipinski definition) is 0. The molecule has 0 atom stereocenters. The standard InChI is InChI=1S/C22H25OS/c1-2-3-4-5-6-7-8-13-18-24-21-16-11-9-14-19(21)23-20-15-10-12-17-22(20)24/h9-12,14-17H,2-8H2,1H3/q+1. The first-order valence-electron chi connectivity index (χ1n) is 8.99. The molecule has 0 aliphatic carbocycles. The molecule has 3 rings (SSSR count). The molecule has 2 aromatic rings. The van der Waals surface area contributed by atoms with Gasteiger partial charge in [-0.25, -0.2) is 0 Å². The summed E-state index contributed by atoms with van der Waals surface area (Å²) in [6.45, 7) is 2.26. The highest BCUT2D eigenvalue weighted by atomic mass is 32.2. The van der Waals surface area contributed by atoms with Gasteiger partial charge >= 0.3 is 0 Å². The van der Waals surface area contributed by atoms with Gasteiger partial charge in [0.15, 0.2) is 27.6 Å². The van der Waals surface area contributed by atoms with Gasteiger partial charge < -0.3 is 4.74 Å². The van der Waals surface area contributed by atoms with Gasteiger partial charge in [0.05, 0.1) is 0 Å². The molecule has 0 saturated heterocycles. The fourth-order valence-electron chi connectivity index (χ4n) is 2.87. The summed E-state index contributed by atoms with van der Waals surface area (Å²) < 4.78 is 6.03. The fraction of sp³-hybridized carbons (Fsp3) is 0.364. The topological polar surface area (TPSA) is 9.23 Å². The van der Waals surface area contributed by atoms with Crippen molar-refractivity contribution in [3.05, 3.63) is 48.5 Å². The Kier molecular flexibility index (Phi) is 6.26. The van der Waals surface area contributed by atoms with E-state index in [1.165, 1.54) is 48.3 Å². The lowest BCUT2D eigenvalue weighted by atomic mass is 10.1. The van der Waals surface area contributed by atoms with Gasteiger partial charge in [0.2, 0.25) is 9.79 Å². The summed E-state index contributed by atoms with van der Waals surface area (Å²) in [5, 5.41) is 3.53. The quantitative estimate of drug-likeness (QED) is 0.330. The van der Waals surface area contributed by atoms with Gasteiger partial charge in [-0.15, -0.1) is 0 Å². The van der Waals surface area contributed by atoms with Gasteiger partial charge in [-0.05, 0) is 36.6 Å². The molecule has 0 saturated carbocycles. The normalized spacial score (nSPS) is 12.5. The number of benzene rings is 2. The molecule has 124 valence electrons. The largest absolute Gasteiger partial charge is 0.447 e. The van der Waals surface area contributed by atoms with Crippen LogP contribution in [-0.2, 0) is 10.9 Å². The van der Waals surface area contributed by atoms with Crippen molar-refractivity contribution in [1.29, 1.82) is 0 Å². The lowest BCUT2D eigenvalue weighted by molar-refractivity contribution is 0.453. The van der Waals surface area contributed by atoms with E-state index in [4.69, 9.17) is 4.74 Å². The summed E-state index contributed by atoms with van der Waals surface area (Å²) in [5.74, 6) is 5.34.